The molecular weight excluding hydrogens is 572 g/mol. The molecule has 0 radical (unpaired) electrons. The minimum absolute atomic E-state index is 0.161. The third-order valence-corrected chi connectivity index (χ3v) is 7.25. The lowest BCUT2D eigenvalue weighted by molar-refractivity contribution is -0.274. The van der Waals surface area contributed by atoms with Crippen LogP contribution < -0.4 is 20.5 Å². The predicted octanol–water partition coefficient (Wildman–Crippen LogP) is 7.13. The zero-order valence-corrected chi connectivity index (χ0v) is 22.8. The lowest BCUT2D eigenvalue weighted by atomic mass is 10.1. The molecular formula is C26H23Cl2F3N6OS. The summed E-state index contributed by atoms with van der Waals surface area (Å²) in [6.07, 6.45) is -1.70. The first kappa shape index (κ1) is 28.8. The number of hydrogen-bond donors (Lipinski definition) is 1. The van der Waals surface area contributed by atoms with Gasteiger partial charge in [0.1, 0.15) is 12.1 Å². The molecule has 0 aromatic heterocycles. The van der Waals surface area contributed by atoms with Crippen LogP contribution in [-0.2, 0) is 6.54 Å². The van der Waals surface area contributed by atoms with Gasteiger partial charge >= 0.3 is 6.36 Å². The summed E-state index contributed by atoms with van der Waals surface area (Å²) in [4.78, 5) is 6.28. The molecule has 1 heterocycles. The van der Waals surface area contributed by atoms with Crippen molar-refractivity contribution in [1.82, 2.24) is 0 Å². The molecule has 1 atom stereocenters. The number of halogens is 5. The number of ether oxygens (including phenoxy) is 1. The Labute approximate surface area is 237 Å². The summed E-state index contributed by atoms with van der Waals surface area (Å²) in [5, 5.41) is 11.7. The van der Waals surface area contributed by atoms with Gasteiger partial charge in [-0.25, -0.2) is 5.84 Å². The lowest BCUT2D eigenvalue weighted by Crippen LogP contribution is -2.31. The van der Waals surface area contributed by atoms with E-state index in [-0.39, 0.29) is 11.8 Å². The van der Waals surface area contributed by atoms with E-state index in [9.17, 15) is 13.2 Å². The van der Waals surface area contributed by atoms with Gasteiger partial charge in [-0.1, -0.05) is 65.3 Å². The quantitative estimate of drug-likeness (QED) is 0.130. The van der Waals surface area contributed by atoms with E-state index in [0.29, 0.717) is 27.4 Å². The summed E-state index contributed by atoms with van der Waals surface area (Å²) in [5.41, 5.74) is 2.95. The van der Waals surface area contributed by atoms with E-state index in [2.05, 4.69) is 26.9 Å². The highest BCUT2D eigenvalue weighted by atomic mass is 35.5. The lowest BCUT2D eigenvalue weighted by Gasteiger charge is -2.24. The summed E-state index contributed by atoms with van der Waals surface area (Å²) in [6, 6.07) is 18.3. The molecule has 2 N–H and O–H groups in total. The van der Waals surface area contributed by atoms with Crippen molar-refractivity contribution in [2.45, 2.75) is 25.9 Å². The first-order valence-electron chi connectivity index (χ1n) is 11.6. The topological polar surface area (TPSA) is 78.8 Å². The number of nitrogens with two attached hydrogens (primary N) is 1. The molecule has 1 unspecified atom stereocenters. The van der Waals surface area contributed by atoms with Crippen molar-refractivity contribution in [1.29, 1.82) is 0 Å². The van der Waals surface area contributed by atoms with Gasteiger partial charge < -0.3 is 9.64 Å². The highest BCUT2D eigenvalue weighted by molar-refractivity contribution is 8.14. The fourth-order valence-electron chi connectivity index (χ4n) is 3.61. The van der Waals surface area contributed by atoms with E-state index >= 15 is 0 Å². The third-order valence-electron chi connectivity index (χ3n) is 5.46. The number of para-hydroxylation sites is 1. The Bertz CT molecular complexity index is 1350. The zero-order valence-electron chi connectivity index (χ0n) is 20.5. The fourth-order valence-corrected chi connectivity index (χ4v) is 5.25. The molecule has 1 fully saturated rings. The predicted molar refractivity (Wildman–Crippen MR) is 154 cm³/mol. The maximum Gasteiger partial charge on any atom is 0.573 e. The minimum atomic E-state index is -4.75. The van der Waals surface area contributed by atoms with Crippen molar-refractivity contribution in [2.24, 2.45) is 21.0 Å². The molecule has 0 spiro atoms. The Morgan fingerprint density at radius 1 is 1.08 bits per heavy atom. The van der Waals surface area contributed by atoms with E-state index in [0.717, 1.165) is 22.6 Å². The van der Waals surface area contributed by atoms with Crippen molar-refractivity contribution in [3.05, 3.63) is 87.9 Å². The molecule has 0 bridgehead atoms. The van der Waals surface area contributed by atoms with Crippen LogP contribution in [-0.4, -0.2) is 35.9 Å². The molecule has 1 aliphatic rings. The van der Waals surface area contributed by atoms with Crippen LogP contribution in [0.15, 0.2) is 81.9 Å². The summed E-state index contributed by atoms with van der Waals surface area (Å²) >= 11 is 14.4. The molecule has 0 saturated carbocycles. The third kappa shape index (κ3) is 7.89. The molecule has 13 heteroatoms. The summed E-state index contributed by atoms with van der Waals surface area (Å²) < 4.78 is 40.7. The number of anilines is 2. The molecule has 0 amide bonds. The van der Waals surface area contributed by atoms with Crippen molar-refractivity contribution < 1.29 is 17.9 Å². The molecule has 4 rings (SSSR count). The molecule has 3 aromatic carbocycles. The Morgan fingerprint density at radius 2 is 1.74 bits per heavy atom. The van der Waals surface area contributed by atoms with Crippen LogP contribution in [0, 0.1) is 0 Å². The van der Waals surface area contributed by atoms with Crippen LogP contribution in [0.5, 0.6) is 5.75 Å². The standard InChI is InChI=1S/C26H23Cl2F3N6OS/c1-17-15-39-25(37(17)24-22(27)3-2-4-23(24)28)35-34-14-19-7-5-18(6-8-19)13-33-16-36(32)20-9-11-21(12-10-20)38-26(29,30)31/h2-12,14,16-17H,13,15,32H2,1H3/b33-16-,34-14+,35-25-. The monoisotopic (exact) mass is 594 g/mol. The Balaban J connectivity index is 1.33. The van der Waals surface area contributed by atoms with Gasteiger partial charge in [-0.15, -0.1) is 18.3 Å². The van der Waals surface area contributed by atoms with Gasteiger partial charge in [-0.3, -0.25) is 10.0 Å². The average molecular weight is 595 g/mol. The number of alkyl halides is 3. The van der Waals surface area contributed by atoms with Gasteiger partial charge in [0.15, 0.2) is 5.17 Å². The average Bonchev–Trinajstić information content (AvgIpc) is 3.24. The number of hydrazine groups is 1. The van der Waals surface area contributed by atoms with E-state index in [4.69, 9.17) is 29.0 Å². The number of aliphatic imine (C=N–C) groups is 1. The number of thioether (sulfide) groups is 1. The van der Waals surface area contributed by atoms with E-state index < -0.39 is 6.36 Å². The van der Waals surface area contributed by atoms with Crippen molar-refractivity contribution in [2.75, 3.05) is 15.7 Å². The largest absolute Gasteiger partial charge is 0.573 e. The van der Waals surface area contributed by atoms with Crippen LogP contribution >= 0.6 is 35.0 Å². The SMILES string of the molecule is CC1CS/C(=N\N=C\c2ccc(C/N=C\N(N)c3ccc(OC(F)(F)F)cc3)cc2)N1c1c(Cl)cccc1Cl. The number of nitrogens with zero attached hydrogens (tertiary/aromatic N) is 5. The number of benzene rings is 3. The van der Waals surface area contributed by atoms with Crippen LogP contribution in [0.2, 0.25) is 10.0 Å². The van der Waals surface area contributed by atoms with E-state index in [1.165, 1.54) is 35.6 Å². The Morgan fingerprint density at radius 3 is 2.38 bits per heavy atom. The van der Waals surface area contributed by atoms with Crippen LogP contribution in [0.3, 0.4) is 0 Å². The van der Waals surface area contributed by atoms with E-state index in [1.807, 2.05) is 29.2 Å². The highest BCUT2D eigenvalue weighted by Crippen LogP contribution is 2.39. The number of rotatable bonds is 8. The van der Waals surface area contributed by atoms with Crippen molar-refractivity contribution in [3.8, 4) is 5.75 Å². The van der Waals surface area contributed by atoms with Gasteiger partial charge in [0.25, 0.3) is 0 Å². The zero-order chi connectivity index (χ0) is 28.0. The fraction of sp³-hybridized carbons (Fsp3) is 0.192. The maximum atomic E-state index is 12.3. The van der Waals surface area contributed by atoms with Gasteiger partial charge in [-0.2, -0.15) is 5.10 Å². The summed E-state index contributed by atoms with van der Waals surface area (Å²) in [6.45, 7) is 2.43. The normalized spacial score (nSPS) is 17.1. The second-order valence-electron chi connectivity index (χ2n) is 8.37. The van der Waals surface area contributed by atoms with Gasteiger partial charge in [0.05, 0.1) is 34.2 Å². The van der Waals surface area contributed by atoms with Gasteiger partial charge in [-0.05, 0) is 54.4 Å². The molecule has 0 aliphatic carbocycles. The highest BCUT2D eigenvalue weighted by Gasteiger charge is 2.32. The molecule has 39 heavy (non-hydrogen) atoms. The van der Waals surface area contributed by atoms with Crippen molar-refractivity contribution >= 4 is 64.1 Å². The first-order chi connectivity index (χ1) is 18.6. The van der Waals surface area contributed by atoms with Crippen LogP contribution in [0.1, 0.15) is 18.1 Å². The van der Waals surface area contributed by atoms with Gasteiger partial charge in [0, 0.05) is 11.8 Å². The van der Waals surface area contributed by atoms with Gasteiger partial charge in [0.2, 0.25) is 0 Å². The minimum Gasteiger partial charge on any atom is -0.406 e. The maximum absolute atomic E-state index is 12.3. The van der Waals surface area contributed by atoms with Crippen LogP contribution in [0.4, 0.5) is 24.5 Å². The van der Waals surface area contributed by atoms with Crippen molar-refractivity contribution in [3.63, 3.8) is 0 Å². The number of amidine groups is 1. The Hall–Kier alpha value is -3.25. The molecule has 204 valence electrons. The van der Waals surface area contributed by atoms with Crippen LogP contribution in [0.25, 0.3) is 0 Å². The first-order valence-corrected chi connectivity index (χ1v) is 13.3. The smallest absolute Gasteiger partial charge is 0.406 e. The summed E-state index contributed by atoms with van der Waals surface area (Å²) in [5.74, 6) is 6.42. The summed E-state index contributed by atoms with van der Waals surface area (Å²) in [7, 11) is 0. The molecule has 3 aromatic rings. The second-order valence-corrected chi connectivity index (χ2v) is 10.2. The molecule has 7 nitrogen and oxygen atoms in total. The Kier molecular flexibility index (Phi) is 9.39. The number of hydrogen-bond acceptors (Lipinski definition) is 6. The molecule has 1 saturated heterocycles. The second kappa shape index (κ2) is 12.7. The van der Waals surface area contributed by atoms with E-state index in [1.54, 1.807) is 36.2 Å². The molecule has 1 aliphatic heterocycles.